The number of pyridine rings is 1. The van der Waals surface area contributed by atoms with Crippen LogP contribution in [0.4, 0.5) is 13.2 Å². The summed E-state index contributed by atoms with van der Waals surface area (Å²) in [4.78, 5) is 12.2. The molecule has 0 saturated heterocycles. The van der Waals surface area contributed by atoms with E-state index in [4.69, 9.17) is 0 Å². The number of ether oxygens (including phenoxy) is 1. The molecule has 156 valence electrons. The Kier molecular flexibility index (Phi) is 4.56. The minimum Gasteiger partial charge on any atom is -0.405 e. The number of aryl methyl sites for hydroxylation is 1. The number of hydrogen-bond acceptors (Lipinski definition) is 4. The first kappa shape index (κ1) is 19.9. The van der Waals surface area contributed by atoms with Gasteiger partial charge in [0.05, 0.1) is 16.9 Å². The number of benzene rings is 1. The van der Waals surface area contributed by atoms with Crippen molar-refractivity contribution in [2.45, 2.75) is 32.5 Å². The summed E-state index contributed by atoms with van der Waals surface area (Å²) in [5.41, 5.74) is 3.23. The number of para-hydroxylation sites is 1. The van der Waals surface area contributed by atoms with Crippen molar-refractivity contribution < 1.29 is 17.9 Å². The molecule has 0 fully saturated rings. The molecule has 6 nitrogen and oxygen atoms in total. The highest BCUT2D eigenvalue weighted by Gasteiger charge is 2.32. The van der Waals surface area contributed by atoms with Crippen molar-refractivity contribution in [3.8, 4) is 28.5 Å². The quantitative estimate of drug-likeness (QED) is 0.498. The van der Waals surface area contributed by atoms with Crippen LogP contribution in [-0.4, -0.2) is 31.1 Å². The van der Waals surface area contributed by atoms with Gasteiger partial charge in [-0.15, -0.1) is 13.2 Å². The van der Waals surface area contributed by atoms with Gasteiger partial charge in [-0.2, -0.15) is 5.10 Å². The number of halogens is 3. The summed E-state index contributed by atoms with van der Waals surface area (Å²) in [6.07, 6.45) is -4.79. The average molecular weight is 415 g/mol. The number of nitrogens with zero attached hydrogens (tertiary/aromatic N) is 4. The van der Waals surface area contributed by atoms with E-state index in [0.29, 0.717) is 22.7 Å². The molecule has 0 unspecified atom stereocenters. The number of alkyl halides is 3. The van der Waals surface area contributed by atoms with Crippen LogP contribution in [0.25, 0.3) is 33.9 Å². The van der Waals surface area contributed by atoms with Gasteiger partial charge in [0.25, 0.3) is 0 Å². The van der Waals surface area contributed by atoms with Crippen LogP contribution in [0.3, 0.4) is 0 Å². The second kappa shape index (κ2) is 6.86. The van der Waals surface area contributed by atoms with Crippen LogP contribution < -0.4 is 4.74 Å². The fourth-order valence-corrected chi connectivity index (χ4v) is 3.11. The predicted molar refractivity (Wildman–Crippen MR) is 107 cm³/mol. The topological polar surface area (TPSA) is 68.6 Å². The van der Waals surface area contributed by atoms with Gasteiger partial charge in [-0.25, -0.2) is 9.97 Å². The van der Waals surface area contributed by atoms with E-state index < -0.39 is 6.36 Å². The summed E-state index contributed by atoms with van der Waals surface area (Å²) >= 11 is 0. The molecule has 0 aliphatic carbocycles. The van der Waals surface area contributed by atoms with Crippen LogP contribution in [0.5, 0.6) is 5.75 Å². The van der Waals surface area contributed by atoms with Gasteiger partial charge in [0, 0.05) is 18.0 Å². The van der Waals surface area contributed by atoms with E-state index in [1.165, 1.54) is 18.2 Å². The van der Waals surface area contributed by atoms with Gasteiger partial charge < -0.3 is 9.72 Å². The van der Waals surface area contributed by atoms with Gasteiger partial charge in [-0.05, 0) is 30.3 Å². The van der Waals surface area contributed by atoms with Crippen molar-refractivity contribution >= 4 is 11.2 Å². The minimum atomic E-state index is -4.79. The fourth-order valence-electron chi connectivity index (χ4n) is 3.11. The Balaban J connectivity index is 1.76. The summed E-state index contributed by atoms with van der Waals surface area (Å²) in [5, 5.41) is 4.55. The summed E-state index contributed by atoms with van der Waals surface area (Å²) in [7, 11) is 1.83. The van der Waals surface area contributed by atoms with Crippen LogP contribution in [-0.2, 0) is 12.5 Å². The minimum absolute atomic E-state index is 0.115. The number of fused-ring (bicyclic) bond motifs is 1. The van der Waals surface area contributed by atoms with Crippen LogP contribution >= 0.6 is 0 Å². The molecule has 4 rings (SSSR count). The highest BCUT2D eigenvalue weighted by molar-refractivity contribution is 5.79. The number of nitrogens with one attached hydrogen (secondary N) is 1. The SMILES string of the molecule is Cn1nc(C(C)(C)C)cc1-c1nc2nc(-c3ccccc3OC(F)(F)F)ccc2[nH]1. The Bertz CT molecular complexity index is 1220. The normalized spacial score (nSPS) is 12.5. The van der Waals surface area contributed by atoms with E-state index in [1.54, 1.807) is 22.9 Å². The number of rotatable bonds is 3. The molecule has 0 atom stereocenters. The van der Waals surface area contributed by atoms with Gasteiger partial charge in [-0.3, -0.25) is 4.68 Å². The number of aromatic amines is 1. The Morgan fingerprint density at radius 3 is 2.40 bits per heavy atom. The molecule has 9 heteroatoms. The van der Waals surface area contributed by atoms with Gasteiger partial charge in [0.15, 0.2) is 11.5 Å². The lowest BCUT2D eigenvalue weighted by Crippen LogP contribution is -2.17. The van der Waals surface area contributed by atoms with Crippen LogP contribution in [0, 0.1) is 0 Å². The van der Waals surface area contributed by atoms with E-state index in [1.807, 2.05) is 13.1 Å². The van der Waals surface area contributed by atoms with Crippen molar-refractivity contribution in [3.63, 3.8) is 0 Å². The van der Waals surface area contributed by atoms with Gasteiger partial charge in [0.2, 0.25) is 0 Å². The number of hydrogen-bond donors (Lipinski definition) is 1. The van der Waals surface area contributed by atoms with Crippen LogP contribution in [0.15, 0.2) is 42.5 Å². The third kappa shape index (κ3) is 3.87. The molecule has 3 aromatic heterocycles. The molecule has 4 aromatic rings. The Morgan fingerprint density at radius 2 is 1.73 bits per heavy atom. The molecule has 1 aromatic carbocycles. The smallest absolute Gasteiger partial charge is 0.405 e. The Morgan fingerprint density at radius 1 is 1.00 bits per heavy atom. The Labute approximate surface area is 170 Å². The van der Waals surface area contributed by atoms with E-state index in [9.17, 15) is 13.2 Å². The summed E-state index contributed by atoms with van der Waals surface area (Å²) in [5.74, 6) is 0.272. The predicted octanol–water partition coefficient (Wildman–Crippen LogP) is 5.22. The maximum atomic E-state index is 12.7. The highest BCUT2D eigenvalue weighted by atomic mass is 19.4. The molecule has 0 spiro atoms. The van der Waals surface area contributed by atoms with E-state index in [0.717, 1.165) is 11.4 Å². The zero-order chi connectivity index (χ0) is 21.7. The molecule has 0 amide bonds. The zero-order valence-electron chi connectivity index (χ0n) is 16.9. The molecular formula is C21H20F3N5O. The lowest BCUT2D eigenvalue weighted by Gasteiger charge is -2.13. The van der Waals surface area contributed by atoms with Gasteiger partial charge >= 0.3 is 6.36 Å². The molecule has 0 saturated carbocycles. The highest BCUT2D eigenvalue weighted by Crippen LogP contribution is 2.34. The molecule has 3 heterocycles. The van der Waals surface area contributed by atoms with E-state index in [2.05, 4.69) is 45.6 Å². The molecule has 0 aliphatic heterocycles. The molecule has 30 heavy (non-hydrogen) atoms. The van der Waals surface area contributed by atoms with Gasteiger partial charge in [-0.1, -0.05) is 32.9 Å². The molecule has 0 radical (unpaired) electrons. The van der Waals surface area contributed by atoms with Crippen molar-refractivity contribution in [2.75, 3.05) is 0 Å². The van der Waals surface area contributed by atoms with Crippen molar-refractivity contribution in [1.82, 2.24) is 24.7 Å². The Hall–Kier alpha value is -3.36. The lowest BCUT2D eigenvalue weighted by molar-refractivity contribution is -0.274. The summed E-state index contributed by atoms with van der Waals surface area (Å²) < 4.78 is 44.1. The number of aromatic nitrogens is 5. The molecular weight excluding hydrogens is 395 g/mol. The maximum absolute atomic E-state index is 12.7. The largest absolute Gasteiger partial charge is 0.573 e. The lowest BCUT2D eigenvalue weighted by atomic mass is 9.92. The first-order valence-corrected chi connectivity index (χ1v) is 9.28. The standard InChI is InChI=1S/C21H20F3N5O/c1-20(2,3)17-11-15(29(4)28-17)19-26-14-10-9-13(25-18(14)27-19)12-7-5-6-8-16(12)30-21(22,23)24/h5-11H,1-4H3,(H,25,26,27). The maximum Gasteiger partial charge on any atom is 0.573 e. The molecule has 0 aliphatic rings. The molecule has 0 bridgehead atoms. The number of H-pyrrole nitrogens is 1. The zero-order valence-corrected chi connectivity index (χ0v) is 16.9. The molecule has 1 N–H and O–H groups in total. The number of imidazole rings is 1. The average Bonchev–Trinajstić information content (AvgIpc) is 3.23. The second-order valence-corrected chi connectivity index (χ2v) is 7.99. The summed E-state index contributed by atoms with van der Waals surface area (Å²) in [6, 6.07) is 11.2. The van der Waals surface area contributed by atoms with E-state index in [-0.39, 0.29) is 16.7 Å². The fraction of sp³-hybridized carbons (Fsp3) is 0.286. The summed E-state index contributed by atoms with van der Waals surface area (Å²) in [6.45, 7) is 6.23. The van der Waals surface area contributed by atoms with Crippen LogP contribution in [0.1, 0.15) is 26.5 Å². The van der Waals surface area contributed by atoms with Gasteiger partial charge in [0.1, 0.15) is 11.4 Å². The third-order valence-electron chi connectivity index (χ3n) is 4.63. The van der Waals surface area contributed by atoms with Crippen molar-refractivity contribution in [2.24, 2.45) is 7.05 Å². The first-order valence-electron chi connectivity index (χ1n) is 9.28. The first-order chi connectivity index (χ1) is 14.0. The van der Waals surface area contributed by atoms with Crippen molar-refractivity contribution in [3.05, 3.63) is 48.2 Å². The van der Waals surface area contributed by atoms with Crippen molar-refractivity contribution in [1.29, 1.82) is 0 Å². The third-order valence-corrected chi connectivity index (χ3v) is 4.63. The second-order valence-electron chi connectivity index (χ2n) is 7.99. The monoisotopic (exact) mass is 415 g/mol. The van der Waals surface area contributed by atoms with E-state index >= 15 is 0 Å². The van der Waals surface area contributed by atoms with Crippen LogP contribution in [0.2, 0.25) is 0 Å².